The van der Waals surface area contributed by atoms with Crippen molar-refractivity contribution in [1.29, 1.82) is 5.26 Å². The zero-order valence-electron chi connectivity index (χ0n) is 8.96. The monoisotopic (exact) mass is 178 g/mol. The number of nitrogens with zero attached hydrogens (tertiary/aromatic N) is 2. The fraction of sp³-hybridized carbons (Fsp3) is 0.636. The molecular weight excluding hydrogens is 160 g/mol. The highest BCUT2D eigenvalue weighted by Crippen LogP contribution is 2.23. The van der Waals surface area contributed by atoms with E-state index in [2.05, 4.69) is 17.6 Å². The molecule has 0 fully saturated rings. The largest absolute Gasteiger partial charge is 0.275 e. The molecule has 0 aromatic rings. The van der Waals surface area contributed by atoms with E-state index in [1.54, 1.807) is 0 Å². The van der Waals surface area contributed by atoms with Crippen molar-refractivity contribution in [2.45, 2.75) is 40.2 Å². The minimum atomic E-state index is -0.180. The number of aliphatic imine (C=N–C) groups is 1. The highest BCUT2D eigenvalue weighted by atomic mass is 14.8. The van der Waals surface area contributed by atoms with Gasteiger partial charge in [0.15, 0.2) is 0 Å². The quantitative estimate of drug-likeness (QED) is 0.481. The van der Waals surface area contributed by atoms with Crippen LogP contribution in [-0.2, 0) is 0 Å². The van der Waals surface area contributed by atoms with Gasteiger partial charge >= 0.3 is 0 Å². The van der Waals surface area contributed by atoms with E-state index in [0.29, 0.717) is 5.71 Å². The minimum Gasteiger partial charge on any atom is -0.275 e. The van der Waals surface area contributed by atoms with Crippen LogP contribution in [0.2, 0.25) is 0 Å². The second kappa shape index (κ2) is 4.81. The summed E-state index contributed by atoms with van der Waals surface area (Å²) in [7, 11) is 0. The lowest BCUT2D eigenvalue weighted by Gasteiger charge is -2.21. The maximum absolute atomic E-state index is 8.92. The molecule has 0 aliphatic rings. The van der Waals surface area contributed by atoms with Gasteiger partial charge in [0, 0.05) is 11.5 Å². The summed E-state index contributed by atoms with van der Waals surface area (Å²) in [5.74, 6) is 0. The van der Waals surface area contributed by atoms with Crippen molar-refractivity contribution in [3.63, 3.8) is 0 Å². The summed E-state index contributed by atoms with van der Waals surface area (Å²) in [6.07, 6.45) is 2.61. The molecule has 0 aliphatic heterocycles. The van der Waals surface area contributed by atoms with Crippen LogP contribution in [0.5, 0.6) is 0 Å². The molecule has 0 radical (unpaired) electrons. The highest BCUT2D eigenvalue weighted by Gasteiger charge is 2.23. The Balaban J connectivity index is 4.78. The van der Waals surface area contributed by atoms with Crippen LogP contribution in [0.15, 0.2) is 17.6 Å². The Morgan fingerprint density at radius 2 is 2.15 bits per heavy atom. The Bertz CT molecular complexity index is 241. The number of hydrogen-bond acceptors (Lipinski definition) is 2. The zero-order valence-corrected chi connectivity index (χ0v) is 8.96. The van der Waals surface area contributed by atoms with E-state index in [1.807, 2.05) is 33.8 Å². The van der Waals surface area contributed by atoms with Crippen molar-refractivity contribution in [2.24, 2.45) is 10.4 Å². The summed E-state index contributed by atoms with van der Waals surface area (Å²) in [6, 6.07) is 2.34. The predicted octanol–water partition coefficient (Wildman–Crippen LogP) is 2.96. The molecule has 0 saturated carbocycles. The molecule has 0 amide bonds. The molecule has 0 N–H and O–H groups in total. The summed E-state index contributed by atoms with van der Waals surface area (Å²) in [5, 5.41) is 8.92. The van der Waals surface area contributed by atoms with Gasteiger partial charge in [-0.15, -0.1) is 6.58 Å². The Kier molecular flexibility index (Phi) is 4.40. The SMILES string of the molecule is C=CCC(C)(C)C(C#N)=NC(C)C. The van der Waals surface area contributed by atoms with Gasteiger partial charge in [-0.3, -0.25) is 4.99 Å². The van der Waals surface area contributed by atoms with Crippen molar-refractivity contribution in [3.05, 3.63) is 12.7 Å². The maximum atomic E-state index is 8.92. The summed E-state index contributed by atoms with van der Waals surface area (Å²) in [6.45, 7) is 11.7. The minimum absolute atomic E-state index is 0.179. The lowest BCUT2D eigenvalue weighted by molar-refractivity contribution is 0.531. The smallest absolute Gasteiger partial charge is 0.118 e. The molecule has 2 nitrogen and oxygen atoms in total. The number of hydrogen-bond donors (Lipinski definition) is 0. The van der Waals surface area contributed by atoms with E-state index in [-0.39, 0.29) is 11.5 Å². The molecular formula is C11H18N2. The Morgan fingerprint density at radius 1 is 1.62 bits per heavy atom. The Labute approximate surface area is 81.0 Å². The molecule has 0 aliphatic carbocycles. The van der Waals surface area contributed by atoms with Gasteiger partial charge in [0.05, 0.1) is 0 Å². The van der Waals surface area contributed by atoms with E-state index in [0.717, 1.165) is 6.42 Å². The van der Waals surface area contributed by atoms with Crippen LogP contribution >= 0.6 is 0 Å². The average Bonchev–Trinajstić information content (AvgIpc) is 1.99. The fourth-order valence-electron chi connectivity index (χ4n) is 1.07. The number of nitriles is 1. The van der Waals surface area contributed by atoms with Crippen LogP contribution in [0.3, 0.4) is 0 Å². The molecule has 2 heteroatoms. The summed E-state index contributed by atoms with van der Waals surface area (Å²) in [4.78, 5) is 4.29. The van der Waals surface area contributed by atoms with E-state index >= 15 is 0 Å². The fourth-order valence-corrected chi connectivity index (χ4v) is 1.07. The summed E-state index contributed by atoms with van der Waals surface area (Å²) in [5.41, 5.74) is 0.434. The van der Waals surface area contributed by atoms with E-state index in [4.69, 9.17) is 5.26 Å². The molecule has 0 atom stereocenters. The van der Waals surface area contributed by atoms with Crippen molar-refractivity contribution in [1.82, 2.24) is 0 Å². The molecule has 0 aromatic carbocycles. The van der Waals surface area contributed by atoms with E-state index in [9.17, 15) is 0 Å². The standard InChI is InChI=1S/C11H18N2/c1-6-7-11(4,5)10(8-12)13-9(2)3/h6,9H,1,7H2,2-5H3. The Morgan fingerprint density at radius 3 is 2.46 bits per heavy atom. The van der Waals surface area contributed by atoms with Gasteiger partial charge in [0.25, 0.3) is 0 Å². The van der Waals surface area contributed by atoms with Crippen LogP contribution in [-0.4, -0.2) is 11.8 Å². The molecule has 13 heavy (non-hydrogen) atoms. The van der Waals surface area contributed by atoms with Crippen LogP contribution in [0.1, 0.15) is 34.1 Å². The first-order chi connectivity index (χ1) is 5.94. The lowest BCUT2D eigenvalue weighted by Crippen LogP contribution is -2.23. The van der Waals surface area contributed by atoms with Crippen LogP contribution < -0.4 is 0 Å². The van der Waals surface area contributed by atoms with Gasteiger partial charge in [-0.05, 0) is 20.3 Å². The topological polar surface area (TPSA) is 36.1 Å². The van der Waals surface area contributed by atoms with Gasteiger partial charge in [-0.1, -0.05) is 19.9 Å². The first-order valence-corrected chi connectivity index (χ1v) is 4.53. The van der Waals surface area contributed by atoms with Crippen molar-refractivity contribution >= 4 is 5.71 Å². The van der Waals surface area contributed by atoms with Crippen molar-refractivity contribution in [2.75, 3.05) is 0 Å². The van der Waals surface area contributed by atoms with Crippen LogP contribution in [0.4, 0.5) is 0 Å². The van der Waals surface area contributed by atoms with Gasteiger partial charge in [-0.25, -0.2) is 0 Å². The molecule has 0 heterocycles. The molecule has 0 rings (SSSR count). The zero-order chi connectivity index (χ0) is 10.5. The number of allylic oxidation sites excluding steroid dienone is 1. The third-order valence-electron chi connectivity index (χ3n) is 1.79. The van der Waals surface area contributed by atoms with Crippen molar-refractivity contribution in [3.8, 4) is 6.07 Å². The first kappa shape index (κ1) is 11.9. The third kappa shape index (κ3) is 3.89. The van der Waals surface area contributed by atoms with Gasteiger partial charge in [0.2, 0.25) is 0 Å². The average molecular weight is 178 g/mol. The van der Waals surface area contributed by atoms with Gasteiger partial charge in [0.1, 0.15) is 11.8 Å². The molecule has 0 saturated heterocycles. The summed E-state index contributed by atoms with van der Waals surface area (Å²) >= 11 is 0. The van der Waals surface area contributed by atoms with Gasteiger partial charge < -0.3 is 0 Å². The normalized spacial score (nSPS) is 12.8. The molecule has 0 aromatic heterocycles. The Hall–Kier alpha value is -1.10. The second-order valence-electron chi connectivity index (χ2n) is 4.06. The van der Waals surface area contributed by atoms with E-state index < -0.39 is 0 Å². The molecule has 0 spiro atoms. The van der Waals surface area contributed by atoms with Crippen molar-refractivity contribution < 1.29 is 0 Å². The molecule has 72 valence electrons. The second-order valence-corrected chi connectivity index (χ2v) is 4.06. The van der Waals surface area contributed by atoms with Crippen LogP contribution in [0.25, 0.3) is 0 Å². The lowest BCUT2D eigenvalue weighted by atomic mass is 9.84. The van der Waals surface area contributed by atoms with E-state index in [1.165, 1.54) is 0 Å². The predicted molar refractivity (Wildman–Crippen MR) is 56.8 cm³/mol. The maximum Gasteiger partial charge on any atom is 0.118 e. The van der Waals surface area contributed by atoms with Gasteiger partial charge in [-0.2, -0.15) is 5.26 Å². The summed E-state index contributed by atoms with van der Waals surface area (Å²) < 4.78 is 0. The molecule has 0 unspecified atom stereocenters. The number of rotatable bonds is 4. The molecule has 0 bridgehead atoms. The third-order valence-corrected chi connectivity index (χ3v) is 1.79. The van der Waals surface area contributed by atoms with Crippen LogP contribution in [0, 0.1) is 16.7 Å². The highest BCUT2D eigenvalue weighted by molar-refractivity contribution is 6.02. The first-order valence-electron chi connectivity index (χ1n) is 4.53.